The molecule has 1 fully saturated rings. The van der Waals surface area contributed by atoms with Gasteiger partial charge in [-0.2, -0.15) is 0 Å². The number of nitrogens with zero attached hydrogens (tertiary/aromatic N) is 4. The Kier molecular flexibility index (Phi) is 2.74. The van der Waals surface area contributed by atoms with Gasteiger partial charge in [-0.15, -0.1) is 0 Å². The molecule has 1 N–H and O–H groups in total. The van der Waals surface area contributed by atoms with Gasteiger partial charge in [-0.25, -0.2) is 15.0 Å². The highest BCUT2D eigenvalue weighted by Gasteiger charge is 2.26. The number of aryl methyl sites for hydroxylation is 2. The molecule has 1 atom stereocenters. The summed E-state index contributed by atoms with van der Waals surface area (Å²) in [7, 11) is 0. The summed E-state index contributed by atoms with van der Waals surface area (Å²) in [6, 6.07) is 2.04. The number of nitrogens with one attached hydrogen (secondary N) is 1. The quantitative estimate of drug-likeness (QED) is 0.874. The van der Waals surface area contributed by atoms with Crippen LogP contribution in [0.2, 0.25) is 0 Å². The van der Waals surface area contributed by atoms with Crippen molar-refractivity contribution in [1.29, 1.82) is 0 Å². The second-order valence-corrected chi connectivity index (χ2v) is 4.90. The van der Waals surface area contributed by atoms with Crippen molar-refractivity contribution in [3.63, 3.8) is 0 Å². The minimum absolute atomic E-state index is 0.481. The Labute approximate surface area is 106 Å². The van der Waals surface area contributed by atoms with Gasteiger partial charge in [0.25, 0.3) is 0 Å². The fourth-order valence-corrected chi connectivity index (χ4v) is 2.45. The molecule has 0 unspecified atom stereocenters. The Morgan fingerprint density at radius 2 is 2.17 bits per heavy atom. The summed E-state index contributed by atoms with van der Waals surface area (Å²) in [6.45, 7) is 6.04. The van der Waals surface area contributed by atoms with E-state index in [1.807, 2.05) is 26.1 Å². The minimum atomic E-state index is 0.481. The lowest BCUT2D eigenvalue weighted by Crippen LogP contribution is -2.20. The van der Waals surface area contributed by atoms with Crippen molar-refractivity contribution in [3.8, 4) is 0 Å². The molecule has 0 aromatic carbocycles. The normalized spacial score (nSPS) is 19.4. The highest BCUT2D eigenvalue weighted by atomic mass is 15.2. The molecule has 2 aromatic rings. The van der Waals surface area contributed by atoms with Crippen molar-refractivity contribution >= 4 is 5.82 Å². The molecule has 18 heavy (non-hydrogen) atoms. The minimum Gasteiger partial charge on any atom is -0.356 e. The number of hydrogen-bond acceptors (Lipinski definition) is 4. The highest BCUT2D eigenvalue weighted by molar-refractivity contribution is 5.40. The number of aromatic amines is 1. The van der Waals surface area contributed by atoms with Gasteiger partial charge in [-0.3, -0.25) is 0 Å². The molecule has 0 spiro atoms. The Hall–Kier alpha value is -1.91. The lowest BCUT2D eigenvalue weighted by Gasteiger charge is -2.16. The van der Waals surface area contributed by atoms with Gasteiger partial charge in [0.2, 0.25) is 0 Å². The first-order valence-electron chi connectivity index (χ1n) is 6.27. The van der Waals surface area contributed by atoms with Crippen LogP contribution in [-0.4, -0.2) is 33.0 Å². The third-order valence-electron chi connectivity index (χ3n) is 3.41. The predicted octanol–water partition coefficient (Wildman–Crippen LogP) is 1.81. The highest BCUT2D eigenvalue weighted by Crippen LogP contribution is 2.28. The summed E-state index contributed by atoms with van der Waals surface area (Å²) in [5, 5.41) is 0. The Morgan fingerprint density at radius 3 is 2.89 bits per heavy atom. The van der Waals surface area contributed by atoms with Crippen LogP contribution in [0, 0.1) is 13.8 Å². The first-order chi connectivity index (χ1) is 8.72. The van der Waals surface area contributed by atoms with Crippen molar-refractivity contribution in [2.24, 2.45) is 0 Å². The number of rotatable bonds is 2. The Morgan fingerprint density at radius 1 is 1.28 bits per heavy atom. The van der Waals surface area contributed by atoms with Gasteiger partial charge in [-0.1, -0.05) is 0 Å². The van der Waals surface area contributed by atoms with Crippen LogP contribution >= 0.6 is 0 Å². The third-order valence-corrected chi connectivity index (χ3v) is 3.41. The second kappa shape index (κ2) is 4.40. The maximum atomic E-state index is 4.43. The fraction of sp³-hybridized carbons (Fsp3) is 0.462. The van der Waals surface area contributed by atoms with Gasteiger partial charge >= 0.3 is 0 Å². The number of H-pyrrole nitrogens is 1. The molecule has 0 saturated carbocycles. The molecule has 1 aliphatic rings. The summed E-state index contributed by atoms with van der Waals surface area (Å²) in [5.74, 6) is 2.60. The molecule has 1 aliphatic heterocycles. The Bertz CT molecular complexity index is 548. The summed E-state index contributed by atoms with van der Waals surface area (Å²) in [6.07, 6.45) is 4.65. The SMILES string of the molecule is Cc1cc(N2CC[C@H](c3ncc(C)[nH]3)C2)ncn1. The van der Waals surface area contributed by atoms with E-state index >= 15 is 0 Å². The number of hydrogen-bond donors (Lipinski definition) is 1. The van der Waals surface area contributed by atoms with Crippen LogP contribution in [0.25, 0.3) is 0 Å². The summed E-state index contributed by atoms with van der Waals surface area (Å²) >= 11 is 0. The lowest BCUT2D eigenvalue weighted by atomic mass is 10.1. The van der Waals surface area contributed by atoms with E-state index in [4.69, 9.17) is 0 Å². The molecule has 3 heterocycles. The first-order valence-corrected chi connectivity index (χ1v) is 6.27. The molecule has 2 aromatic heterocycles. The first kappa shape index (κ1) is 11.2. The van der Waals surface area contributed by atoms with Gasteiger partial charge in [0.15, 0.2) is 0 Å². The fourth-order valence-electron chi connectivity index (χ4n) is 2.45. The van der Waals surface area contributed by atoms with Crippen LogP contribution in [0.3, 0.4) is 0 Å². The largest absolute Gasteiger partial charge is 0.356 e. The molecular weight excluding hydrogens is 226 g/mol. The van der Waals surface area contributed by atoms with Crippen LogP contribution in [0.1, 0.15) is 29.6 Å². The van der Waals surface area contributed by atoms with E-state index in [0.717, 1.165) is 42.5 Å². The maximum Gasteiger partial charge on any atom is 0.132 e. The molecular formula is C13H17N5. The van der Waals surface area contributed by atoms with Gasteiger partial charge in [0, 0.05) is 42.7 Å². The zero-order valence-electron chi connectivity index (χ0n) is 10.7. The van der Waals surface area contributed by atoms with Crippen LogP contribution < -0.4 is 4.90 Å². The summed E-state index contributed by atoms with van der Waals surface area (Å²) in [5.41, 5.74) is 2.14. The van der Waals surface area contributed by atoms with Gasteiger partial charge in [0.1, 0.15) is 18.0 Å². The molecule has 0 amide bonds. The van der Waals surface area contributed by atoms with E-state index in [1.165, 1.54) is 0 Å². The molecule has 0 aliphatic carbocycles. The number of imidazole rings is 1. The topological polar surface area (TPSA) is 57.7 Å². The van der Waals surface area contributed by atoms with E-state index in [0.29, 0.717) is 5.92 Å². The summed E-state index contributed by atoms with van der Waals surface area (Å²) < 4.78 is 0. The van der Waals surface area contributed by atoms with Crippen molar-refractivity contribution in [3.05, 3.63) is 35.8 Å². The van der Waals surface area contributed by atoms with Crippen LogP contribution in [0.5, 0.6) is 0 Å². The van der Waals surface area contributed by atoms with Crippen molar-refractivity contribution in [2.45, 2.75) is 26.2 Å². The second-order valence-electron chi connectivity index (χ2n) is 4.90. The number of anilines is 1. The summed E-state index contributed by atoms with van der Waals surface area (Å²) in [4.78, 5) is 18.5. The van der Waals surface area contributed by atoms with E-state index < -0.39 is 0 Å². The molecule has 0 bridgehead atoms. The molecule has 5 heteroatoms. The van der Waals surface area contributed by atoms with Crippen LogP contribution in [0.4, 0.5) is 5.82 Å². The van der Waals surface area contributed by atoms with E-state index in [2.05, 4.69) is 24.8 Å². The monoisotopic (exact) mass is 243 g/mol. The average molecular weight is 243 g/mol. The van der Waals surface area contributed by atoms with E-state index in [1.54, 1.807) is 6.33 Å². The van der Waals surface area contributed by atoms with E-state index in [-0.39, 0.29) is 0 Å². The molecule has 5 nitrogen and oxygen atoms in total. The zero-order valence-corrected chi connectivity index (χ0v) is 10.7. The van der Waals surface area contributed by atoms with Crippen LogP contribution in [-0.2, 0) is 0 Å². The molecule has 0 radical (unpaired) electrons. The van der Waals surface area contributed by atoms with Crippen molar-refractivity contribution in [2.75, 3.05) is 18.0 Å². The number of aromatic nitrogens is 4. The molecule has 94 valence electrons. The van der Waals surface area contributed by atoms with Gasteiger partial charge in [-0.05, 0) is 20.3 Å². The van der Waals surface area contributed by atoms with Gasteiger partial charge in [0.05, 0.1) is 0 Å². The van der Waals surface area contributed by atoms with Crippen LogP contribution in [0.15, 0.2) is 18.6 Å². The zero-order chi connectivity index (χ0) is 12.5. The standard InChI is InChI=1S/C13H17N5/c1-9-5-12(16-8-15-9)18-4-3-11(7-18)13-14-6-10(2)17-13/h5-6,8,11H,3-4,7H2,1-2H3,(H,14,17)/t11-/m0/s1. The lowest BCUT2D eigenvalue weighted by molar-refractivity contribution is 0.720. The third kappa shape index (κ3) is 2.08. The van der Waals surface area contributed by atoms with Gasteiger partial charge < -0.3 is 9.88 Å². The average Bonchev–Trinajstić information content (AvgIpc) is 2.97. The predicted molar refractivity (Wildman–Crippen MR) is 69.7 cm³/mol. The van der Waals surface area contributed by atoms with Crippen molar-refractivity contribution < 1.29 is 0 Å². The smallest absolute Gasteiger partial charge is 0.132 e. The molecule has 1 saturated heterocycles. The maximum absolute atomic E-state index is 4.43. The van der Waals surface area contributed by atoms with Crippen molar-refractivity contribution in [1.82, 2.24) is 19.9 Å². The van der Waals surface area contributed by atoms with E-state index in [9.17, 15) is 0 Å². The Balaban J connectivity index is 1.75. The molecule has 3 rings (SSSR count).